The molecule has 0 aromatic heterocycles. The highest BCUT2D eigenvalue weighted by molar-refractivity contribution is 5.75. The molecule has 0 heterocycles. The van der Waals surface area contributed by atoms with E-state index in [0.29, 0.717) is 6.42 Å². The molecule has 0 radical (unpaired) electrons. The number of hydrogen-bond donors (Lipinski definition) is 3. The van der Waals surface area contributed by atoms with Gasteiger partial charge in [0.05, 0.1) is 18.8 Å². The Hall–Kier alpha value is -1.13. The molecule has 0 spiro atoms. The fourth-order valence-corrected chi connectivity index (χ4v) is 2.57. The minimum Gasteiger partial charge on any atom is -0.394 e. The van der Waals surface area contributed by atoms with Crippen molar-refractivity contribution in [2.75, 3.05) is 6.61 Å². The van der Waals surface area contributed by atoms with Crippen LogP contribution < -0.4 is 5.32 Å². The third-order valence-electron chi connectivity index (χ3n) is 4.25. The summed E-state index contributed by atoms with van der Waals surface area (Å²) in [7, 11) is 0. The second-order valence-electron chi connectivity index (χ2n) is 6.59. The van der Waals surface area contributed by atoms with Crippen LogP contribution in [-0.2, 0) is 4.79 Å². The van der Waals surface area contributed by atoms with Gasteiger partial charge in [0.1, 0.15) is 0 Å². The van der Waals surface area contributed by atoms with E-state index in [2.05, 4.69) is 24.4 Å². The number of aliphatic hydroxyl groups is 2. The predicted molar refractivity (Wildman–Crippen MR) is 105 cm³/mol. The molecule has 0 rings (SSSR count). The molecule has 2 unspecified atom stereocenters. The topological polar surface area (TPSA) is 69.6 Å². The fraction of sp³-hybridized carbons (Fsp3) is 0.762. The maximum Gasteiger partial charge on any atom is 0.220 e. The van der Waals surface area contributed by atoms with Crippen LogP contribution in [0.15, 0.2) is 24.3 Å². The molecule has 0 saturated heterocycles. The molecule has 0 aliphatic heterocycles. The molecule has 2 atom stereocenters. The molecule has 3 N–H and O–H groups in total. The first-order valence-electron chi connectivity index (χ1n) is 10.1. The molecule has 146 valence electrons. The summed E-state index contributed by atoms with van der Waals surface area (Å²) in [6, 6.07) is -0.628. The lowest BCUT2D eigenvalue weighted by Gasteiger charge is -2.19. The number of allylic oxidation sites excluding steroid dienone is 3. The van der Waals surface area contributed by atoms with Crippen LogP contribution in [0.2, 0.25) is 0 Å². The number of amides is 1. The van der Waals surface area contributed by atoms with E-state index in [1.54, 1.807) is 13.0 Å². The average Bonchev–Trinajstić information content (AvgIpc) is 2.63. The maximum atomic E-state index is 11.3. The molecular weight excluding hydrogens is 314 g/mol. The van der Waals surface area contributed by atoms with Gasteiger partial charge < -0.3 is 15.5 Å². The van der Waals surface area contributed by atoms with Gasteiger partial charge in [-0.15, -0.1) is 0 Å². The highest BCUT2D eigenvalue weighted by Gasteiger charge is 2.16. The van der Waals surface area contributed by atoms with E-state index in [4.69, 9.17) is 0 Å². The van der Waals surface area contributed by atoms with E-state index in [0.717, 1.165) is 19.3 Å². The summed E-state index contributed by atoms with van der Waals surface area (Å²) in [5, 5.41) is 21.8. The van der Waals surface area contributed by atoms with Crippen LogP contribution in [0.5, 0.6) is 0 Å². The second-order valence-corrected chi connectivity index (χ2v) is 6.59. The van der Waals surface area contributed by atoms with Crippen LogP contribution in [0, 0.1) is 0 Å². The number of hydrogen-bond acceptors (Lipinski definition) is 3. The summed E-state index contributed by atoms with van der Waals surface area (Å²) in [6.45, 7) is 3.72. The van der Waals surface area contributed by atoms with Gasteiger partial charge in [-0.1, -0.05) is 76.7 Å². The molecule has 0 aromatic rings. The SMILES string of the molecule is CCCCCCCCC/C=C/CC/C=C/C(O)C(CO)NC(=O)CC. The first kappa shape index (κ1) is 23.9. The third-order valence-corrected chi connectivity index (χ3v) is 4.25. The fourth-order valence-electron chi connectivity index (χ4n) is 2.57. The highest BCUT2D eigenvalue weighted by atomic mass is 16.3. The Morgan fingerprint density at radius 2 is 1.52 bits per heavy atom. The molecule has 4 heteroatoms. The van der Waals surface area contributed by atoms with Crippen LogP contribution in [0.3, 0.4) is 0 Å². The van der Waals surface area contributed by atoms with Crippen molar-refractivity contribution in [1.29, 1.82) is 0 Å². The zero-order valence-corrected chi connectivity index (χ0v) is 16.3. The van der Waals surface area contributed by atoms with E-state index in [-0.39, 0.29) is 12.5 Å². The van der Waals surface area contributed by atoms with Crippen LogP contribution in [-0.4, -0.2) is 34.9 Å². The number of carbonyl (C=O) groups is 1. The van der Waals surface area contributed by atoms with E-state index in [1.165, 1.54) is 44.9 Å². The van der Waals surface area contributed by atoms with Crippen LogP contribution in [0.4, 0.5) is 0 Å². The molecule has 0 aromatic carbocycles. The van der Waals surface area contributed by atoms with E-state index in [1.807, 2.05) is 6.08 Å². The lowest BCUT2D eigenvalue weighted by molar-refractivity contribution is -0.122. The van der Waals surface area contributed by atoms with Crippen molar-refractivity contribution in [2.45, 2.75) is 96.6 Å². The Balaban J connectivity index is 3.67. The largest absolute Gasteiger partial charge is 0.394 e. The van der Waals surface area contributed by atoms with Gasteiger partial charge in [-0.05, 0) is 25.7 Å². The molecule has 4 nitrogen and oxygen atoms in total. The van der Waals surface area contributed by atoms with Crippen molar-refractivity contribution in [2.24, 2.45) is 0 Å². The number of aliphatic hydroxyl groups excluding tert-OH is 2. The summed E-state index contributed by atoms with van der Waals surface area (Å²) in [6.07, 6.45) is 19.8. The quantitative estimate of drug-likeness (QED) is 0.287. The number of rotatable bonds is 16. The van der Waals surface area contributed by atoms with Gasteiger partial charge in [0.25, 0.3) is 0 Å². The zero-order chi connectivity index (χ0) is 18.8. The predicted octanol–water partition coefficient (Wildman–Crippen LogP) is 4.27. The maximum absolute atomic E-state index is 11.3. The van der Waals surface area contributed by atoms with Crippen molar-refractivity contribution in [3.63, 3.8) is 0 Å². The standard InChI is InChI=1S/C21H39NO3/c1-3-5-6-7-8-9-10-11-12-13-14-15-16-17-20(24)19(18-23)22-21(25)4-2/h12-13,16-17,19-20,23-24H,3-11,14-15,18H2,1-2H3,(H,22,25)/b13-12+,17-16+. The van der Waals surface area contributed by atoms with Crippen LogP contribution in [0.1, 0.15) is 84.5 Å². The Morgan fingerprint density at radius 3 is 2.16 bits per heavy atom. The average molecular weight is 354 g/mol. The van der Waals surface area contributed by atoms with Crippen molar-refractivity contribution >= 4 is 5.91 Å². The van der Waals surface area contributed by atoms with Gasteiger partial charge in [-0.2, -0.15) is 0 Å². The lowest BCUT2D eigenvalue weighted by atomic mass is 10.1. The minimum atomic E-state index is -0.850. The van der Waals surface area contributed by atoms with Crippen molar-refractivity contribution in [1.82, 2.24) is 5.32 Å². The molecular formula is C21H39NO3. The van der Waals surface area contributed by atoms with Gasteiger partial charge in [0.15, 0.2) is 0 Å². The Kier molecular flexibility index (Phi) is 16.9. The van der Waals surface area contributed by atoms with Crippen molar-refractivity contribution in [3.05, 3.63) is 24.3 Å². The molecule has 0 aliphatic carbocycles. The van der Waals surface area contributed by atoms with E-state index in [9.17, 15) is 15.0 Å². The second kappa shape index (κ2) is 17.7. The molecule has 1 amide bonds. The van der Waals surface area contributed by atoms with Crippen LogP contribution >= 0.6 is 0 Å². The van der Waals surface area contributed by atoms with E-state index >= 15 is 0 Å². The normalized spacial score (nSPS) is 14.2. The Bertz CT molecular complexity index is 366. The minimum absolute atomic E-state index is 0.167. The molecule has 0 saturated carbocycles. The lowest BCUT2D eigenvalue weighted by Crippen LogP contribution is -2.44. The zero-order valence-electron chi connectivity index (χ0n) is 16.3. The third kappa shape index (κ3) is 14.9. The summed E-state index contributed by atoms with van der Waals surface area (Å²) < 4.78 is 0. The molecule has 0 aliphatic rings. The van der Waals surface area contributed by atoms with Gasteiger partial charge in [0, 0.05) is 6.42 Å². The Labute approximate surface area is 154 Å². The number of nitrogens with one attached hydrogen (secondary N) is 1. The van der Waals surface area contributed by atoms with Crippen LogP contribution in [0.25, 0.3) is 0 Å². The molecule has 0 bridgehead atoms. The van der Waals surface area contributed by atoms with Crippen molar-refractivity contribution < 1.29 is 15.0 Å². The van der Waals surface area contributed by atoms with Gasteiger partial charge >= 0.3 is 0 Å². The monoisotopic (exact) mass is 353 g/mol. The summed E-state index contributed by atoms with van der Waals surface area (Å²) >= 11 is 0. The summed E-state index contributed by atoms with van der Waals surface area (Å²) in [5.74, 6) is -0.167. The number of carbonyl (C=O) groups excluding carboxylic acids is 1. The summed E-state index contributed by atoms with van der Waals surface area (Å²) in [4.78, 5) is 11.3. The molecule has 25 heavy (non-hydrogen) atoms. The Morgan fingerprint density at radius 1 is 0.920 bits per heavy atom. The molecule has 0 fully saturated rings. The first-order valence-corrected chi connectivity index (χ1v) is 10.1. The van der Waals surface area contributed by atoms with Gasteiger partial charge in [-0.3, -0.25) is 4.79 Å². The van der Waals surface area contributed by atoms with Gasteiger partial charge in [-0.25, -0.2) is 0 Å². The van der Waals surface area contributed by atoms with E-state index < -0.39 is 12.1 Å². The first-order chi connectivity index (χ1) is 12.2. The van der Waals surface area contributed by atoms with Crippen molar-refractivity contribution in [3.8, 4) is 0 Å². The number of unbranched alkanes of at least 4 members (excludes halogenated alkanes) is 8. The highest BCUT2D eigenvalue weighted by Crippen LogP contribution is 2.09. The summed E-state index contributed by atoms with van der Waals surface area (Å²) in [5.41, 5.74) is 0. The smallest absolute Gasteiger partial charge is 0.220 e. The van der Waals surface area contributed by atoms with Gasteiger partial charge in [0.2, 0.25) is 5.91 Å².